The second kappa shape index (κ2) is 7.73. The molecule has 0 atom stereocenters. The molecule has 23 heavy (non-hydrogen) atoms. The molecule has 0 aliphatic carbocycles. The van der Waals surface area contributed by atoms with E-state index in [1.807, 2.05) is 6.92 Å². The van der Waals surface area contributed by atoms with E-state index in [9.17, 15) is 9.59 Å². The molecule has 0 spiro atoms. The van der Waals surface area contributed by atoms with E-state index in [4.69, 9.17) is 9.84 Å². The van der Waals surface area contributed by atoms with Crippen LogP contribution in [0.2, 0.25) is 0 Å². The molecular formula is C16H15BrN2O4. The van der Waals surface area contributed by atoms with Gasteiger partial charge in [-0.3, -0.25) is 9.48 Å². The molecule has 0 saturated carbocycles. The number of carboxylic acid groups (broad SMARTS) is 1. The predicted molar refractivity (Wildman–Crippen MR) is 88.5 cm³/mol. The van der Waals surface area contributed by atoms with Gasteiger partial charge in [-0.25, -0.2) is 4.79 Å². The van der Waals surface area contributed by atoms with Crippen molar-refractivity contribution in [2.75, 3.05) is 6.61 Å². The molecule has 0 bridgehead atoms. The van der Waals surface area contributed by atoms with Crippen LogP contribution in [0, 0.1) is 0 Å². The third-order valence-electron chi connectivity index (χ3n) is 2.98. The highest BCUT2D eigenvalue weighted by molar-refractivity contribution is 9.10. The number of aliphatic carboxylic acids is 1. The van der Waals surface area contributed by atoms with Gasteiger partial charge < -0.3 is 9.84 Å². The number of ketones is 1. The van der Waals surface area contributed by atoms with E-state index in [1.54, 1.807) is 35.2 Å². The van der Waals surface area contributed by atoms with Crippen molar-refractivity contribution in [1.29, 1.82) is 0 Å². The van der Waals surface area contributed by atoms with Gasteiger partial charge in [0.15, 0.2) is 12.4 Å². The summed E-state index contributed by atoms with van der Waals surface area (Å²) in [6.45, 7) is 2.25. The van der Waals surface area contributed by atoms with Crippen molar-refractivity contribution in [3.05, 3.63) is 52.3 Å². The summed E-state index contributed by atoms with van der Waals surface area (Å²) in [5, 5.41) is 12.7. The topological polar surface area (TPSA) is 81.4 Å². The molecule has 1 heterocycles. The Morgan fingerprint density at radius 3 is 2.83 bits per heavy atom. The molecule has 120 valence electrons. The Kier molecular flexibility index (Phi) is 5.70. The SMILES string of the molecule is CCn1cc(C(=O)/C=C/c2ccc(OCC(=O)O)c(Br)c2)cn1. The molecule has 1 aromatic heterocycles. The van der Waals surface area contributed by atoms with E-state index in [2.05, 4.69) is 21.0 Å². The molecule has 0 radical (unpaired) electrons. The third-order valence-corrected chi connectivity index (χ3v) is 3.60. The second-order valence-electron chi connectivity index (χ2n) is 4.65. The molecule has 1 aromatic carbocycles. The Labute approximate surface area is 141 Å². The molecule has 0 unspecified atom stereocenters. The lowest BCUT2D eigenvalue weighted by Gasteiger charge is -2.06. The summed E-state index contributed by atoms with van der Waals surface area (Å²) in [6.07, 6.45) is 6.38. The maximum absolute atomic E-state index is 12.0. The van der Waals surface area contributed by atoms with Crippen LogP contribution in [0.4, 0.5) is 0 Å². The molecule has 7 heteroatoms. The minimum Gasteiger partial charge on any atom is -0.481 e. The summed E-state index contributed by atoms with van der Waals surface area (Å²) in [6, 6.07) is 5.13. The summed E-state index contributed by atoms with van der Waals surface area (Å²) in [7, 11) is 0. The highest BCUT2D eigenvalue weighted by Gasteiger charge is 2.06. The molecule has 0 aliphatic rings. The molecule has 1 N–H and O–H groups in total. The maximum Gasteiger partial charge on any atom is 0.341 e. The maximum atomic E-state index is 12.0. The van der Waals surface area contributed by atoms with Gasteiger partial charge in [-0.05, 0) is 46.6 Å². The van der Waals surface area contributed by atoms with Gasteiger partial charge in [-0.15, -0.1) is 0 Å². The van der Waals surface area contributed by atoms with Gasteiger partial charge in [0.05, 0.1) is 16.2 Å². The Bertz CT molecular complexity index is 752. The van der Waals surface area contributed by atoms with Gasteiger partial charge in [0, 0.05) is 12.7 Å². The van der Waals surface area contributed by atoms with Gasteiger partial charge in [-0.2, -0.15) is 5.10 Å². The number of hydrogen-bond acceptors (Lipinski definition) is 4. The highest BCUT2D eigenvalue weighted by atomic mass is 79.9. The summed E-state index contributed by atoms with van der Waals surface area (Å²) in [5.41, 5.74) is 1.32. The minimum absolute atomic E-state index is 0.132. The predicted octanol–water partition coefficient (Wildman–Crippen LogP) is 3.03. The number of carbonyl (C=O) groups is 2. The first-order chi connectivity index (χ1) is 11.0. The fourth-order valence-electron chi connectivity index (χ4n) is 1.81. The van der Waals surface area contributed by atoms with Crippen LogP contribution < -0.4 is 4.74 Å². The first-order valence-corrected chi connectivity index (χ1v) is 7.68. The van der Waals surface area contributed by atoms with Gasteiger partial charge >= 0.3 is 5.97 Å². The minimum atomic E-state index is -1.04. The number of ether oxygens (including phenoxy) is 1. The fraction of sp³-hybridized carbons (Fsp3) is 0.188. The van der Waals surface area contributed by atoms with Crippen LogP contribution >= 0.6 is 15.9 Å². The van der Waals surface area contributed by atoms with Crippen molar-refractivity contribution >= 4 is 33.8 Å². The Morgan fingerprint density at radius 1 is 1.43 bits per heavy atom. The Hall–Kier alpha value is -2.41. The molecule has 6 nitrogen and oxygen atoms in total. The van der Waals surface area contributed by atoms with Crippen molar-refractivity contribution in [2.45, 2.75) is 13.5 Å². The molecule has 0 amide bonds. The van der Waals surface area contributed by atoms with E-state index in [-0.39, 0.29) is 5.78 Å². The number of benzene rings is 1. The van der Waals surface area contributed by atoms with Crippen LogP contribution in [0.3, 0.4) is 0 Å². The van der Waals surface area contributed by atoms with Crippen molar-refractivity contribution in [2.24, 2.45) is 0 Å². The van der Waals surface area contributed by atoms with Gasteiger partial charge in [-0.1, -0.05) is 12.1 Å². The zero-order chi connectivity index (χ0) is 16.8. The van der Waals surface area contributed by atoms with Crippen LogP contribution in [0.15, 0.2) is 41.1 Å². The lowest BCUT2D eigenvalue weighted by molar-refractivity contribution is -0.139. The molecule has 0 saturated heterocycles. The van der Waals surface area contributed by atoms with Crippen LogP contribution in [0.1, 0.15) is 22.8 Å². The van der Waals surface area contributed by atoms with Gasteiger partial charge in [0.2, 0.25) is 0 Å². The summed E-state index contributed by atoms with van der Waals surface area (Å²) in [5.74, 6) is -0.744. The van der Waals surface area contributed by atoms with Crippen LogP contribution in [0.5, 0.6) is 5.75 Å². The first kappa shape index (κ1) is 17.0. The molecule has 2 aromatic rings. The fourth-order valence-corrected chi connectivity index (χ4v) is 2.32. The Balaban J connectivity index is 2.06. The normalized spacial score (nSPS) is 10.9. The average Bonchev–Trinajstić information content (AvgIpc) is 3.00. The number of hydrogen-bond donors (Lipinski definition) is 1. The summed E-state index contributed by atoms with van der Waals surface area (Å²) in [4.78, 5) is 22.5. The van der Waals surface area contributed by atoms with Crippen molar-refractivity contribution in [1.82, 2.24) is 9.78 Å². The average molecular weight is 379 g/mol. The number of carbonyl (C=O) groups excluding carboxylic acids is 1. The van der Waals surface area contributed by atoms with Crippen LogP contribution in [-0.2, 0) is 11.3 Å². The van der Waals surface area contributed by atoms with Gasteiger partial charge in [0.1, 0.15) is 5.75 Å². The van der Waals surface area contributed by atoms with Crippen LogP contribution in [-0.4, -0.2) is 33.2 Å². The second-order valence-corrected chi connectivity index (χ2v) is 5.51. The quantitative estimate of drug-likeness (QED) is 0.591. The standard InChI is InChI=1S/C16H15BrN2O4/c1-2-19-9-12(8-18-19)14(20)5-3-11-4-6-15(13(17)7-11)23-10-16(21)22/h3-9H,2,10H2,1H3,(H,21,22)/b5-3+. The lowest BCUT2D eigenvalue weighted by atomic mass is 10.1. The monoisotopic (exact) mass is 378 g/mol. The van der Waals surface area contributed by atoms with E-state index in [0.29, 0.717) is 22.3 Å². The molecule has 0 aliphatic heterocycles. The smallest absolute Gasteiger partial charge is 0.341 e. The third kappa shape index (κ3) is 4.79. The van der Waals surface area contributed by atoms with Crippen molar-refractivity contribution in [3.63, 3.8) is 0 Å². The number of aryl methyl sites for hydroxylation is 1. The van der Waals surface area contributed by atoms with E-state index in [1.165, 1.54) is 12.3 Å². The zero-order valence-electron chi connectivity index (χ0n) is 12.4. The number of carboxylic acids is 1. The summed E-state index contributed by atoms with van der Waals surface area (Å²) >= 11 is 3.31. The van der Waals surface area contributed by atoms with E-state index >= 15 is 0 Å². The number of allylic oxidation sites excluding steroid dienone is 1. The van der Waals surface area contributed by atoms with E-state index < -0.39 is 12.6 Å². The van der Waals surface area contributed by atoms with Gasteiger partial charge in [0.25, 0.3) is 0 Å². The zero-order valence-corrected chi connectivity index (χ0v) is 14.0. The van der Waals surface area contributed by atoms with Crippen molar-refractivity contribution < 1.29 is 19.4 Å². The van der Waals surface area contributed by atoms with Crippen molar-refractivity contribution in [3.8, 4) is 5.75 Å². The van der Waals surface area contributed by atoms with Crippen LogP contribution in [0.25, 0.3) is 6.08 Å². The first-order valence-electron chi connectivity index (χ1n) is 6.88. The Morgan fingerprint density at radius 2 is 2.22 bits per heavy atom. The number of nitrogens with zero attached hydrogens (tertiary/aromatic N) is 2. The lowest BCUT2D eigenvalue weighted by Crippen LogP contribution is -2.09. The summed E-state index contributed by atoms with van der Waals surface area (Å²) < 4.78 is 7.42. The number of rotatable bonds is 7. The number of aromatic nitrogens is 2. The molecular weight excluding hydrogens is 364 g/mol. The molecule has 2 rings (SSSR count). The van der Waals surface area contributed by atoms with E-state index in [0.717, 1.165) is 5.56 Å². The number of halogens is 1. The molecule has 0 fully saturated rings. The highest BCUT2D eigenvalue weighted by Crippen LogP contribution is 2.26. The largest absolute Gasteiger partial charge is 0.481 e.